The highest BCUT2D eigenvalue weighted by Crippen LogP contribution is 2.06. The molecule has 5 nitrogen and oxygen atoms in total. The molecule has 0 aromatic carbocycles. The van der Waals surface area contributed by atoms with Crippen molar-refractivity contribution in [2.75, 3.05) is 12.0 Å². The van der Waals surface area contributed by atoms with Crippen LogP contribution in [0.4, 0.5) is 0 Å². The van der Waals surface area contributed by atoms with E-state index in [1.54, 1.807) is 6.92 Å². The Bertz CT molecular complexity index is 330. The summed E-state index contributed by atoms with van der Waals surface area (Å²) < 4.78 is 21.9. The van der Waals surface area contributed by atoms with E-state index in [9.17, 15) is 13.2 Å². The lowest BCUT2D eigenvalue weighted by molar-refractivity contribution is -0.121. The third-order valence-corrected chi connectivity index (χ3v) is 3.06. The van der Waals surface area contributed by atoms with Crippen LogP contribution in [0.5, 0.6) is 0 Å². The first kappa shape index (κ1) is 15.4. The Morgan fingerprint density at radius 2 is 1.94 bits per heavy atom. The van der Waals surface area contributed by atoms with Crippen LogP contribution in [0, 0.1) is 0 Å². The summed E-state index contributed by atoms with van der Waals surface area (Å²) in [5, 5.41) is 2.64. The molecule has 0 aliphatic heterocycles. The summed E-state index contributed by atoms with van der Waals surface area (Å²) in [4.78, 5) is 11.4. The summed E-state index contributed by atoms with van der Waals surface area (Å²) in [5.41, 5.74) is 5.36. The van der Waals surface area contributed by atoms with E-state index in [2.05, 4.69) is 5.32 Å². The van der Waals surface area contributed by atoms with Gasteiger partial charge in [-0.05, 0) is 27.2 Å². The van der Waals surface area contributed by atoms with Crippen LogP contribution >= 0.6 is 0 Å². The van der Waals surface area contributed by atoms with Crippen molar-refractivity contribution < 1.29 is 13.2 Å². The van der Waals surface area contributed by atoms with E-state index in [-0.39, 0.29) is 23.2 Å². The third kappa shape index (κ3) is 9.92. The van der Waals surface area contributed by atoms with Crippen molar-refractivity contribution in [3.63, 3.8) is 0 Å². The fraction of sp³-hybridized carbons (Fsp3) is 0.900. The number of sulfone groups is 1. The summed E-state index contributed by atoms with van der Waals surface area (Å²) in [6, 6.07) is -0.358. The lowest BCUT2D eigenvalue weighted by atomic mass is 10.00. The van der Waals surface area contributed by atoms with E-state index in [1.165, 1.54) is 0 Å². The van der Waals surface area contributed by atoms with Crippen molar-refractivity contribution in [2.45, 2.75) is 45.2 Å². The molecule has 0 aliphatic rings. The minimum atomic E-state index is -3.05. The van der Waals surface area contributed by atoms with Crippen LogP contribution < -0.4 is 11.1 Å². The minimum absolute atomic E-state index is 0.0369. The number of amides is 1. The summed E-state index contributed by atoms with van der Waals surface area (Å²) in [5.74, 6) is -0.195. The van der Waals surface area contributed by atoms with E-state index < -0.39 is 9.84 Å². The molecule has 16 heavy (non-hydrogen) atoms. The van der Waals surface area contributed by atoms with Gasteiger partial charge in [-0.25, -0.2) is 8.42 Å². The van der Waals surface area contributed by atoms with Gasteiger partial charge in [0.15, 0.2) is 0 Å². The lowest BCUT2D eigenvalue weighted by Crippen LogP contribution is -2.39. The molecule has 1 amide bonds. The first-order chi connectivity index (χ1) is 6.99. The molecule has 6 heteroatoms. The minimum Gasteiger partial charge on any atom is -0.353 e. The predicted molar refractivity (Wildman–Crippen MR) is 64.8 cm³/mol. The molecule has 0 fully saturated rings. The van der Waals surface area contributed by atoms with Gasteiger partial charge in [-0.3, -0.25) is 4.79 Å². The number of hydrogen-bond acceptors (Lipinski definition) is 4. The van der Waals surface area contributed by atoms with Gasteiger partial charge in [0, 0.05) is 24.3 Å². The Morgan fingerprint density at radius 1 is 1.44 bits per heavy atom. The number of rotatable bonds is 6. The zero-order valence-electron chi connectivity index (χ0n) is 10.4. The molecule has 0 heterocycles. The molecule has 1 atom stereocenters. The monoisotopic (exact) mass is 250 g/mol. The van der Waals surface area contributed by atoms with Crippen LogP contribution in [0.25, 0.3) is 0 Å². The average Bonchev–Trinajstić information content (AvgIpc) is 1.95. The Kier molecular flexibility index (Phi) is 5.41. The topological polar surface area (TPSA) is 89.3 Å². The third-order valence-electron chi connectivity index (χ3n) is 1.96. The van der Waals surface area contributed by atoms with E-state index in [1.807, 2.05) is 13.8 Å². The Morgan fingerprint density at radius 3 is 2.31 bits per heavy atom. The molecule has 0 aromatic heterocycles. The van der Waals surface area contributed by atoms with Gasteiger partial charge in [-0.15, -0.1) is 0 Å². The number of nitrogens with two attached hydrogens (primary N) is 1. The zero-order valence-corrected chi connectivity index (χ0v) is 11.2. The van der Waals surface area contributed by atoms with Crippen LogP contribution in [0.15, 0.2) is 0 Å². The standard InChI is InChI=1S/C10H22N2O3S/c1-8(7-16(4,14)15)12-9(13)5-6-10(2,3)11/h8H,5-7,11H2,1-4H3,(H,12,13). The molecule has 3 N–H and O–H groups in total. The van der Waals surface area contributed by atoms with Gasteiger partial charge >= 0.3 is 0 Å². The summed E-state index contributed by atoms with van der Waals surface area (Å²) >= 11 is 0. The summed E-state index contributed by atoms with van der Waals surface area (Å²) in [6.07, 6.45) is 2.04. The Labute approximate surface area is 97.7 Å². The van der Waals surface area contributed by atoms with Gasteiger partial charge in [0.25, 0.3) is 0 Å². The highest BCUT2D eigenvalue weighted by Gasteiger charge is 2.16. The zero-order chi connectivity index (χ0) is 13.0. The number of nitrogens with one attached hydrogen (secondary N) is 1. The van der Waals surface area contributed by atoms with Crippen molar-refractivity contribution in [3.05, 3.63) is 0 Å². The second-order valence-corrected chi connectivity index (χ2v) is 7.23. The molecule has 96 valence electrons. The molecule has 0 spiro atoms. The molecule has 0 rings (SSSR count). The first-order valence-electron chi connectivity index (χ1n) is 5.25. The molecule has 0 radical (unpaired) electrons. The molecule has 0 aromatic rings. The number of carbonyl (C=O) groups excluding carboxylic acids is 1. The van der Waals surface area contributed by atoms with Gasteiger partial charge in [-0.1, -0.05) is 0 Å². The van der Waals surface area contributed by atoms with Crippen molar-refractivity contribution in [2.24, 2.45) is 5.73 Å². The largest absolute Gasteiger partial charge is 0.353 e. The quantitative estimate of drug-likeness (QED) is 0.697. The molecule has 0 bridgehead atoms. The smallest absolute Gasteiger partial charge is 0.220 e. The van der Waals surface area contributed by atoms with E-state index in [0.29, 0.717) is 12.8 Å². The van der Waals surface area contributed by atoms with Crippen LogP contribution in [0.3, 0.4) is 0 Å². The second kappa shape index (κ2) is 5.63. The highest BCUT2D eigenvalue weighted by atomic mass is 32.2. The number of carbonyl (C=O) groups is 1. The van der Waals surface area contributed by atoms with E-state index in [0.717, 1.165) is 6.26 Å². The maximum Gasteiger partial charge on any atom is 0.220 e. The van der Waals surface area contributed by atoms with Crippen LogP contribution in [0.2, 0.25) is 0 Å². The molecule has 0 aliphatic carbocycles. The van der Waals surface area contributed by atoms with Gasteiger partial charge < -0.3 is 11.1 Å². The molecular weight excluding hydrogens is 228 g/mol. The highest BCUT2D eigenvalue weighted by molar-refractivity contribution is 7.90. The van der Waals surface area contributed by atoms with Crippen molar-refractivity contribution >= 4 is 15.7 Å². The normalized spacial score (nSPS) is 14.6. The molecular formula is C10H22N2O3S. The average molecular weight is 250 g/mol. The van der Waals surface area contributed by atoms with Gasteiger partial charge in [-0.2, -0.15) is 0 Å². The van der Waals surface area contributed by atoms with Gasteiger partial charge in [0.1, 0.15) is 9.84 Å². The van der Waals surface area contributed by atoms with Crippen LogP contribution in [-0.2, 0) is 14.6 Å². The van der Waals surface area contributed by atoms with Crippen LogP contribution in [-0.4, -0.2) is 37.9 Å². The maximum absolute atomic E-state index is 11.4. The number of hydrogen-bond donors (Lipinski definition) is 2. The van der Waals surface area contributed by atoms with Crippen molar-refractivity contribution in [1.82, 2.24) is 5.32 Å². The second-order valence-electron chi connectivity index (χ2n) is 5.05. The molecule has 0 saturated carbocycles. The van der Waals surface area contributed by atoms with Gasteiger partial charge in [0.05, 0.1) is 5.75 Å². The first-order valence-corrected chi connectivity index (χ1v) is 7.31. The Hall–Kier alpha value is -0.620. The van der Waals surface area contributed by atoms with Crippen molar-refractivity contribution in [3.8, 4) is 0 Å². The van der Waals surface area contributed by atoms with Crippen molar-refractivity contribution in [1.29, 1.82) is 0 Å². The van der Waals surface area contributed by atoms with E-state index in [4.69, 9.17) is 5.73 Å². The fourth-order valence-corrected chi connectivity index (χ4v) is 2.27. The molecule has 1 unspecified atom stereocenters. The summed E-state index contributed by atoms with van der Waals surface area (Å²) in [6.45, 7) is 5.37. The predicted octanol–water partition coefficient (Wildman–Crippen LogP) is 0.0532. The summed E-state index contributed by atoms with van der Waals surface area (Å²) in [7, 11) is -3.05. The fourth-order valence-electron chi connectivity index (χ4n) is 1.28. The lowest BCUT2D eigenvalue weighted by Gasteiger charge is -2.19. The van der Waals surface area contributed by atoms with Gasteiger partial charge in [0.2, 0.25) is 5.91 Å². The van der Waals surface area contributed by atoms with Crippen LogP contribution in [0.1, 0.15) is 33.6 Å². The molecule has 0 saturated heterocycles. The maximum atomic E-state index is 11.4. The van der Waals surface area contributed by atoms with E-state index >= 15 is 0 Å². The Balaban J connectivity index is 3.97. The SMILES string of the molecule is CC(CS(C)(=O)=O)NC(=O)CCC(C)(C)N.